The minimum Gasteiger partial charge on any atom is -0.463 e. The van der Waals surface area contributed by atoms with Gasteiger partial charge in [-0.1, -0.05) is 91.0 Å². The van der Waals surface area contributed by atoms with Crippen molar-refractivity contribution in [2.24, 2.45) is 0 Å². The second-order valence-electron chi connectivity index (χ2n) is 5.71. The second-order valence-corrected chi connectivity index (χ2v) is 8.97. The Kier molecular flexibility index (Phi) is 5.50. The average Bonchev–Trinajstić information content (AvgIpc) is 2.73. The van der Waals surface area contributed by atoms with Crippen molar-refractivity contribution >= 4 is 40.3 Å². The van der Waals surface area contributed by atoms with E-state index in [9.17, 15) is 9.59 Å². The van der Waals surface area contributed by atoms with Crippen LogP contribution in [0.25, 0.3) is 0 Å². The molecule has 0 aliphatic heterocycles. The maximum Gasteiger partial charge on any atom is 0.378 e. The third kappa shape index (κ3) is 3.40. The third-order valence-corrected chi connectivity index (χ3v) is 8.15. The SMILES string of the molecule is COC(=O)C(=O)C=P(c1ccccc1)(c1ccccc1)c1ccccc1. The van der Waals surface area contributed by atoms with Gasteiger partial charge >= 0.3 is 5.97 Å². The molecule has 0 amide bonds. The Morgan fingerprint density at radius 3 is 1.35 bits per heavy atom. The molecular formula is C22H19O3P. The fourth-order valence-electron chi connectivity index (χ4n) is 2.99. The summed E-state index contributed by atoms with van der Waals surface area (Å²) in [5, 5.41) is 3.03. The first-order valence-corrected chi connectivity index (χ1v) is 10.1. The summed E-state index contributed by atoms with van der Waals surface area (Å²) in [7, 11) is 1.22. The smallest absolute Gasteiger partial charge is 0.378 e. The van der Waals surface area contributed by atoms with Crippen LogP contribution in [0.5, 0.6) is 0 Å². The standard InChI is InChI=1S/C22H19O3P/c1-25-22(24)21(23)17-26(18-11-5-2-6-12-18,19-13-7-3-8-14-19)20-15-9-4-10-16-20/h2-17H,1H3. The van der Waals surface area contributed by atoms with Crippen LogP contribution >= 0.6 is 6.89 Å². The van der Waals surface area contributed by atoms with Gasteiger partial charge in [-0.05, 0) is 22.8 Å². The van der Waals surface area contributed by atoms with Gasteiger partial charge in [0.05, 0.1) is 7.11 Å². The summed E-state index contributed by atoms with van der Waals surface area (Å²) in [5.41, 5.74) is 0. The molecule has 0 saturated carbocycles. The zero-order chi connectivity index (χ0) is 18.4. The molecule has 0 spiro atoms. The van der Waals surface area contributed by atoms with Crippen molar-refractivity contribution in [3.8, 4) is 0 Å². The lowest BCUT2D eigenvalue weighted by atomic mass is 10.4. The lowest BCUT2D eigenvalue weighted by Crippen LogP contribution is -2.30. The highest BCUT2D eigenvalue weighted by Gasteiger charge is 2.28. The summed E-state index contributed by atoms with van der Waals surface area (Å²) in [6.07, 6.45) is 0. The van der Waals surface area contributed by atoms with Crippen molar-refractivity contribution in [3.05, 3.63) is 91.0 Å². The van der Waals surface area contributed by atoms with Gasteiger partial charge in [0.1, 0.15) is 0 Å². The van der Waals surface area contributed by atoms with Gasteiger partial charge in [-0.25, -0.2) is 4.79 Å². The number of ether oxygens (including phenoxy) is 1. The Bertz CT molecular complexity index is 845. The number of esters is 1. The quantitative estimate of drug-likeness (QED) is 0.398. The van der Waals surface area contributed by atoms with E-state index in [4.69, 9.17) is 0 Å². The Labute approximate surface area is 153 Å². The minimum atomic E-state index is -2.45. The molecule has 0 bridgehead atoms. The van der Waals surface area contributed by atoms with Crippen LogP contribution in [0.4, 0.5) is 0 Å². The maximum atomic E-state index is 12.6. The molecule has 0 aliphatic carbocycles. The van der Waals surface area contributed by atoms with Gasteiger partial charge < -0.3 is 4.74 Å². The van der Waals surface area contributed by atoms with E-state index >= 15 is 0 Å². The van der Waals surface area contributed by atoms with Crippen LogP contribution < -0.4 is 15.9 Å². The summed E-state index contributed by atoms with van der Waals surface area (Å²) in [6.45, 7) is -2.45. The van der Waals surface area contributed by atoms with E-state index in [2.05, 4.69) is 4.74 Å². The lowest BCUT2D eigenvalue weighted by Gasteiger charge is -2.28. The van der Waals surface area contributed by atoms with Gasteiger partial charge in [0.2, 0.25) is 0 Å². The van der Waals surface area contributed by atoms with Gasteiger partial charge in [-0.2, -0.15) is 0 Å². The highest BCUT2D eigenvalue weighted by Crippen LogP contribution is 2.43. The van der Waals surface area contributed by atoms with E-state index in [0.29, 0.717) is 0 Å². The summed E-state index contributed by atoms with van der Waals surface area (Å²) in [6, 6.07) is 29.6. The first-order valence-electron chi connectivity index (χ1n) is 8.22. The molecule has 3 nitrogen and oxygen atoms in total. The molecular weight excluding hydrogens is 343 g/mol. The molecule has 0 atom stereocenters. The van der Waals surface area contributed by atoms with Gasteiger partial charge in [0, 0.05) is 5.80 Å². The number of Topliss-reactive ketones (excluding diaryl/α,β-unsaturated/α-hetero) is 1. The minimum absolute atomic E-state index is 0.627. The van der Waals surface area contributed by atoms with Crippen molar-refractivity contribution in [2.45, 2.75) is 0 Å². The van der Waals surface area contributed by atoms with Crippen LogP contribution in [0.1, 0.15) is 0 Å². The molecule has 3 aromatic carbocycles. The molecule has 26 heavy (non-hydrogen) atoms. The average molecular weight is 362 g/mol. The fourth-order valence-corrected chi connectivity index (χ4v) is 6.72. The van der Waals surface area contributed by atoms with Crippen molar-refractivity contribution in [3.63, 3.8) is 0 Å². The van der Waals surface area contributed by atoms with Crippen LogP contribution in [0.3, 0.4) is 0 Å². The second kappa shape index (κ2) is 7.99. The van der Waals surface area contributed by atoms with Gasteiger partial charge in [0.25, 0.3) is 5.78 Å². The molecule has 0 saturated heterocycles. The van der Waals surface area contributed by atoms with E-state index in [1.165, 1.54) is 7.11 Å². The number of methoxy groups -OCH3 is 1. The monoisotopic (exact) mass is 362 g/mol. The normalized spacial score (nSPS) is 10.8. The highest BCUT2D eigenvalue weighted by molar-refractivity contribution is 7.95. The van der Waals surface area contributed by atoms with Crippen molar-refractivity contribution in [2.75, 3.05) is 7.11 Å². The van der Waals surface area contributed by atoms with Crippen LogP contribution in [-0.2, 0) is 14.3 Å². The van der Waals surface area contributed by atoms with E-state index in [1.807, 2.05) is 91.0 Å². The lowest BCUT2D eigenvalue weighted by molar-refractivity contribution is -0.148. The number of carbonyl (C=O) groups is 2. The molecule has 3 aromatic rings. The molecule has 130 valence electrons. The van der Waals surface area contributed by atoms with Crippen molar-refractivity contribution < 1.29 is 14.3 Å². The predicted octanol–water partition coefficient (Wildman–Crippen LogP) is 2.52. The Morgan fingerprint density at radius 1 is 0.692 bits per heavy atom. The topological polar surface area (TPSA) is 43.4 Å². The maximum absolute atomic E-state index is 12.6. The van der Waals surface area contributed by atoms with Crippen LogP contribution in [0, 0.1) is 0 Å². The number of ketones is 1. The number of hydrogen-bond acceptors (Lipinski definition) is 3. The summed E-state index contributed by atoms with van der Waals surface area (Å²) < 4.78 is 4.66. The van der Waals surface area contributed by atoms with Crippen molar-refractivity contribution in [1.82, 2.24) is 0 Å². The summed E-state index contributed by atoms with van der Waals surface area (Å²) in [5.74, 6) is 0.0910. The Hall–Kier alpha value is -2.90. The molecule has 3 rings (SSSR count). The van der Waals surface area contributed by atoms with Gasteiger partial charge in [0.15, 0.2) is 0 Å². The molecule has 0 fully saturated rings. The zero-order valence-electron chi connectivity index (χ0n) is 14.4. The van der Waals surface area contributed by atoms with Crippen LogP contribution in [-0.4, -0.2) is 24.7 Å². The van der Waals surface area contributed by atoms with Crippen LogP contribution in [0.15, 0.2) is 91.0 Å². The number of benzene rings is 3. The highest BCUT2D eigenvalue weighted by atomic mass is 31.2. The first-order chi connectivity index (χ1) is 12.7. The predicted molar refractivity (Wildman–Crippen MR) is 108 cm³/mol. The van der Waals surface area contributed by atoms with E-state index in [0.717, 1.165) is 15.9 Å². The molecule has 0 radical (unpaired) electrons. The van der Waals surface area contributed by atoms with Crippen LogP contribution in [0.2, 0.25) is 0 Å². The number of rotatable bonds is 5. The first kappa shape index (κ1) is 17.9. The van der Waals surface area contributed by atoms with Gasteiger partial charge in [-0.3, -0.25) is 4.79 Å². The largest absolute Gasteiger partial charge is 0.463 e. The Balaban J connectivity index is 2.42. The van der Waals surface area contributed by atoms with Crippen molar-refractivity contribution in [1.29, 1.82) is 0 Å². The van der Waals surface area contributed by atoms with E-state index in [1.54, 1.807) is 5.80 Å². The fraction of sp³-hybridized carbons (Fsp3) is 0.0455. The van der Waals surface area contributed by atoms with Gasteiger partial charge in [-0.15, -0.1) is 0 Å². The number of carbonyl (C=O) groups excluding carboxylic acids is 2. The molecule has 4 heteroatoms. The third-order valence-electron chi connectivity index (χ3n) is 4.19. The summed E-state index contributed by atoms with van der Waals surface area (Å²) in [4.78, 5) is 24.5. The van der Waals surface area contributed by atoms with E-state index < -0.39 is 18.6 Å². The molecule has 0 aromatic heterocycles. The molecule has 0 N–H and O–H groups in total. The molecule has 0 aliphatic rings. The zero-order valence-corrected chi connectivity index (χ0v) is 15.3. The number of hydrogen-bond donors (Lipinski definition) is 0. The van der Waals surface area contributed by atoms with E-state index in [-0.39, 0.29) is 0 Å². The molecule has 0 heterocycles. The molecule has 0 unspecified atom stereocenters. The Morgan fingerprint density at radius 2 is 1.04 bits per heavy atom. The summed E-state index contributed by atoms with van der Waals surface area (Å²) >= 11 is 0.